The van der Waals surface area contributed by atoms with Gasteiger partial charge in [-0.2, -0.15) is 23.5 Å². The fraction of sp³-hybridized carbons (Fsp3) is 0.702. The first kappa shape index (κ1) is 57.1. The highest BCUT2D eigenvalue weighted by molar-refractivity contribution is 7.98. The number of likely N-dealkylation sites (tertiary alicyclic amines) is 1. The summed E-state index contributed by atoms with van der Waals surface area (Å²) >= 11 is 3.30. The predicted octanol–water partition coefficient (Wildman–Crippen LogP) is 0.687. The standard InChI is InChI=1S/C47H75N9O11S2/c1-5-34(4)43-45(66)48-12-24-69-32-36-8-6-7-35(26-36)31-68-23-9-38(57)51-47(46(67)49-37(25-33(2)3)44(65)50-43)10-13-56(14-11-47)39(58)27-52-15-17-53(28-40(59)60)19-21-55(30-42(63)64)22-20-54(18-16-52)29-41(61)62/h6-8,26,33-34,37,43H,5,9-25,27-32H2,1-4H3,(H,48,66)(H,49,67)(H,50,65)(H,51,57)(H,59,60)(H,61,62)(H,63,64)/t34-,37?,43-/m0/s1. The van der Waals surface area contributed by atoms with Gasteiger partial charge in [-0.15, -0.1) is 0 Å². The third-order valence-electron chi connectivity index (χ3n) is 12.8. The van der Waals surface area contributed by atoms with Gasteiger partial charge in [0, 0.05) is 101 Å². The van der Waals surface area contributed by atoms with Crippen LogP contribution in [0.4, 0.5) is 0 Å². The number of carboxylic acids is 3. The molecule has 1 aromatic rings. The number of carbonyl (C=O) groups is 8. The molecule has 2 saturated heterocycles. The van der Waals surface area contributed by atoms with Crippen molar-refractivity contribution in [3.05, 3.63) is 35.4 Å². The van der Waals surface area contributed by atoms with Gasteiger partial charge in [0.25, 0.3) is 0 Å². The molecule has 0 aliphatic carbocycles. The summed E-state index contributed by atoms with van der Waals surface area (Å²) in [5.74, 6) is -2.76. The fourth-order valence-electron chi connectivity index (χ4n) is 8.62. The molecule has 1 aromatic carbocycles. The zero-order chi connectivity index (χ0) is 50.5. The van der Waals surface area contributed by atoms with Gasteiger partial charge < -0.3 is 41.5 Å². The van der Waals surface area contributed by atoms with Crippen LogP contribution in [0.25, 0.3) is 0 Å². The molecule has 3 atom stereocenters. The Hall–Kier alpha value is -4.48. The van der Waals surface area contributed by atoms with Crippen LogP contribution in [0.5, 0.6) is 0 Å². The van der Waals surface area contributed by atoms with E-state index in [1.54, 1.807) is 43.1 Å². The number of fused-ring (bicyclic) bond motifs is 2. The fourth-order valence-corrected chi connectivity index (χ4v) is 10.3. The number of carboxylic acid groups (broad SMARTS) is 3. The van der Waals surface area contributed by atoms with E-state index >= 15 is 0 Å². The van der Waals surface area contributed by atoms with Crippen LogP contribution in [-0.2, 0) is 49.9 Å². The van der Waals surface area contributed by atoms with E-state index in [1.807, 2.05) is 44.7 Å². The van der Waals surface area contributed by atoms with Crippen molar-refractivity contribution in [3.63, 3.8) is 0 Å². The molecule has 20 nitrogen and oxygen atoms in total. The van der Waals surface area contributed by atoms with E-state index in [-0.39, 0.29) is 147 Å². The van der Waals surface area contributed by atoms with E-state index in [0.717, 1.165) is 16.9 Å². The Kier molecular flexibility index (Phi) is 24.0. The lowest BCUT2D eigenvalue weighted by atomic mass is 9.85. The second-order valence-electron chi connectivity index (χ2n) is 18.8. The minimum absolute atomic E-state index is 0.0288. The second-order valence-corrected chi connectivity index (χ2v) is 21.0. The Morgan fingerprint density at radius 3 is 1.67 bits per heavy atom. The van der Waals surface area contributed by atoms with Gasteiger partial charge in [0.1, 0.15) is 17.6 Å². The highest BCUT2D eigenvalue weighted by Crippen LogP contribution is 2.26. The molecule has 22 heteroatoms. The Bertz CT molecular complexity index is 1870. The maximum absolute atomic E-state index is 14.7. The first-order valence-electron chi connectivity index (χ1n) is 24.1. The number of benzene rings is 1. The maximum atomic E-state index is 14.7. The number of amides is 5. The lowest BCUT2D eigenvalue weighted by Crippen LogP contribution is -2.66. The van der Waals surface area contributed by atoms with E-state index in [0.29, 0.717) is 30.2 Å². The van der Waals surface area contributed by atoms with E-state index in [4.69, 9.17) is 0 Å². The molecule has 2 bridgehead atoms. The average molecular weight is 1010 g/mol. The third kappa shape index (κ3) is 20.0. The zero-order valence-corrected chi connectivity index (χ0v) is 42.4. The van der Waals surface area contributed by atoms with Crippen LogP contribution >= 0.6 is 23.5 Å². The normalized spacial score (nSPS) is 22.9. The second kappa shape index (κ2) is 29.0. The number of carbonyl (C=O) groups excluding carboxylic acids is 5. The van der Waals surface area contributed by atoms with Gasteiger partial charge in [0.05, 0.1) is 26.2 Å². The van der Waals surface area contributed by atoms with Crippen molar-refractivity contribution >= 4 is 71.0 Å². The number of rotatable bonds is 12. The molecule has 69 heavy (non-hydrogen) atoms. The molecule has 0 aromatic heterocycles. The largest absolute Gasteiger partial charge is 0.480 e. The van der Waals surface area contributed by atoms with E-state index in [1.165, 1.54) is 0 Å². The number of nitrogens with zero attached hydrogens (tertiary/aromatic N) is 5. The third-order valence-corrected chi connectivity index (χ3v) is 14.9. The highest BCUT2D eigenvalue weighted by atomic mass is 32.2. The highest BCUT2D eigenvalue weighted by Gasteiger charge is 2.45. The molecule has 3 aliphatic heterocycles. The van der Waals surface area contributed by atoms with Crippen molar-refractivity contribution < 1.29 is 53.7 Å². The number of aliphatic carboxylic acids is 3. The Balaban J connectivity index is 1.56. The Morgan fingerprint density at radius 2 is 1.19 bits per heavy atom. The van der Waals surface area contributed by atoms with Crippen molar-refractivity contribution in [1.82, 2.24) is 45.8 Å². The summed E-state index contributed by atoms with van der Waals surface area (Å²) in [5, 5.41) is 40.7. The van der Waals surface area contributed by atoms with Crippen LogP contribution in [0.2, 0.25) is 0 Å². The van der Waals surface area contributed by atoms with Gasteiger partial charge in [-0.25, -0.2) is 0 Å². The molecular formula is C47H75N9O11S2. The summed E-state index contributed by atoms with van der Waals surface area (Å²) in [4.78, 5) is 114. The summed E-state index contributed by atoms with van der Waals surface area (Å²) in [6.07, 6.45) is 1.11. The molecule has 386 valence electrons. The van der Waals surface area contributed by atoms with Gasteiger partial charge in [-0.3, -0.25) is 58.0 Å². The molecule has 3 aliphatic rings. The molecule has 7 N–H and O–H groups in total. The quantitative estimate of drug-likeness (QED) is 0.152. The molecule has 5 amide bonds. The number of piperidine rings is 1. The molecular weight excluding hydrogens is 931 g/mol. The van der Waals surface area contributed by atoms with Gasteiger partial charge in [-0.1, -0.05) is 58.4 Å². The van der Waals surface area contributed by atoms with E-state index in [9.17, 15) is 53.7 Å². The van der Waals surface area contributed by atoms with Crippen molar-refractivity contribution in [2.75, 3.05) is 110 Å². The lowest BCUT2D eigenvalue weighted by Gasteiger charge is -2.42. The van der Waals surface area contributed by atoms with Crippen LogP contribution in [-0.4, -0.2) is 215 Å². The SMILES string of the molecule is CC[C@H](C)[C@@H]1NC(=O)C(CC(C)C)NC(=O)C2(CCN(C(=O)CN3CCN(CC(=O)O)CCN(CC(=O)O)CCN(CC(=O)O)CC3)CC2)NC(=O)CCSCc2cccc(c2)CSCCNC1=O. The molecule has 0 saturated carbocycles. The smallest absolute Gasteiger partial charge is 0.317 e. The van der Waals surface area contributed by atoms with Crippen LogP contribution in [0.3, 0.4) is 0 Å². The van der Waals surface area contributed by atoms with Gasteiger partial charge >= 0.3 is 17.9 Å². The van der Waals surface area contributed by atoms with Crippen LogP contribution < -0.4 is 21.3 Å². The minimum Gasteiger partial charge on any atom is -0.480 e. The first-order chi connectivity index (χ1) is 32.9. The summed E-state index contributed by atoms with van der Waals surface area (Å²) in [6, 6.07) is 6.38. The van der Waals surface area contributed by atoms with Crippen molar-refractivity contribution in [2.45, 2.75) is 88.9 Å². The monoisotopic (exact) mass is 1010 g/mol. The van der Waals surface area contributed by atoms with Crippen molar-refractivity contribution in [3.8, 4) is 0 Å². The van der Waals surface area contributed by atoms with Crippen LogP contribution in [0.1, 0.15) is 70.9 Å². The lowest BCUT2D eigenvalue weighted by molar-refractivity contribution is -0.142. The van der Waals surface area contributed by atoms with E-state index < -0.39 is 47.3 Å². The van der Waals surface area contributed by atoms with E-state index in [2.05, 4.69) is 33.4 Å². The summed E-state index contributed by atoms with van der Waals surface area (Å²) in [5.41, 5.74) is 0.803. The zero-order valence-electron chi connectivity index (χ0n) is 40.7. The van der Waals surface area contributed by atoms with Crippen LogP contribution in [0.15, 0.2) is 24.3 Å². The molecule has 2 fully saturated rings. The number of hydrogen-bond donors (Lipinski definition) is 7. The summed E-state index contributed by atoms with van der Waals surface area (Å²) < 4.78 is 0. The molecule has 3 heterocycles. The summed E-state index contributed by atoms with van der Waals surface area (Å²) in [6.45, 7) is 9.29. The Morgan fingerprint density at radius 1 is 0.696 bits per heavy atom. The molecule has 0 radical (unpaired) electrons. The molecule has 4 rings (SSSR count). The average Bonchev–Trinajstić information content (AvgIpc) is 3.29. The summed E-state index contributed by atoms with van der Waals surface area (Å²) in [7, 11) is 0. The van der Waals surface area contributed by atoms with Gasteiger partial charge in [-0.05, 0) is 42.2 Å². The Labute approximate surface area is 414 Å². The van der Waals surface area contributed by atoms with Gasteiger partial charge in [0.15, 0.2) is 0 Å². The maximum Gasteiger partial charge on any atom is 0.317 e. The number of nitrogens with one attached hydrogen (secondary N) is 4. The molecule has 1 unspecified atom stereocenters. The van der Waals surface area contributed by atoms with Crippen molar-refractivity contribution in [1.29, 1.82) is 0 Å². The first-order valence-corrected chi connectivity index (χ1v) is 26.4. The predicted molar refractivity (Wildman–Crippen MR) is 265 cm³/mol. The number of hydrogen-bond acceptors (Lipinski definition) is 14. The topological polar surface area (TPSA) is 262 Å². The van der Waals surface area contributed by atoms with Gasteiger partial charge in [0.2, 0.25) is 29.5 Å². The van der Waals surface area contributed by atoms with Crippen molar-refractivity contribution in [2.24, 2.45) is 11.8 Å². The van der Waals surface area contributed by atoms with Crippen LogP contribution in [0, 0.1) is 11.8 Å². The molecule has 1 spiro atoms. The number of thioether (sulfide) groups is 2. The minimum atomic E-state index is -1.47.